The van der Waals surface area contributed by atoms with Crippen LogP contribution in [0, 0.1) is 5.92 Å². The molecule has 4 atom stereocenters. The Balaban J connectivity index is 5.08. The summed E-state index contributed by atoms with van der Waals surface area (Å²) < 4.78 is 0. The second-order valence-electron chi connectivity index (χ2n) is 6.09. The van der Waals surface area contributed by atoms with Gasteiger partial charge in [-0.15, -0.1) is 0 Å². The number of hydrogen-bond acceptors (Lipinski definition) is 6. The van der Waals surface area contributed by atoms with E-state index in [0.717, 1.165) is 0 Å². The fraction of sp³-hybridized carbons (Fsp3) is 0.750. The molecule has 0 aliphatic rings. The second kappa shape index (κ2) is 12.5. The number of carbonyl (C=O) groups excluding carboxylic acids is 2. The van der Waals surface area contributed by atoms with Crippen LogP contribution in [0.1, 0.15) is 39.5 Å². The predicted octanol–water partition coefficient (Wildman–Crippen LogP) is 0.0319. The molecule has 0 aliphatic heterocycles. The monoisotopic (exact) mass is 391 g/mol. The van der Waals surface area contributed by atoms with E-state index in [4.69, 9.17) is 10.8 Å². The molecule has 6 N–H and O–H groups in total. The van der Waals surface area contributed by atoms with E-state index in [2.05, 4.69) is 10.6 Å². The van der Waals surface area contributed by atoms with E-state index in [1.165, 1.54) is 11.8 Å². The number of thioether (sulfide) groups is 1. The van der Waals surface area contributed by atoms with Crippen LogP contribution in [-0.4, -0.2) is 64.1 Å². The van der Waals surface area contributed by atoms with Crippen LogP contribution in [0.15, 0.2) is 0 Å². The van der Waals surface area contributed by atoms with E-state index in [-0.39, 0.29) is 25.2 Å². The van der Waals surface area contributed by atoms with Gasteiger partial charge < -0.3 is 26.6 Å². The minimum atomic E-state index is -1.19. The maximum Gasteiger partial charge on any atom is 0.326 e. The van der Waals surface area contributed by atoms with E-state index in [1.807, 2.05) is 13.2 Å². The van der Waals surface area contributed by atoms with Crippen molar-refractivity contribution >= 4 is 35.5 Å². The van der Waals surface area contributed by atoms with Crippen molar-refractivity contribution in [3.8, 4) is 0 Å². The fourth-order valence-electron chi connectivity index (χ4n) is 2.08. The molecule has 0 heterocycles. The average Bonchev–Trinajstić information content (AvgIpc) is 2.59. The Morgan fingerprint density at radius 2 is 1.62 bits per heavy atom. The molecule has 2 amide bonds. The van der Waals surface area contributed by atoms with Gasteiger partial charge in [-0.05, 0) is 30.8 Å². The molecule has 0 aromatic carbocycles. The van der Waals surface area contributed by atoms with Crippen molar-refractivity contribution in [3.05, 3.63) is 0 Å². The summed E-state index contributed by atoms with van der Waals surface area (Å²) in [4.78, 5) is 46.7. The Morgan fingerprint density at radius 3 is 2.08 bits per heavy atom. The molecular weight excluding hydrogens is 362 g/mol. The van der Waals surface area contributed by atoms with Crippen LogP contribution < -0.4 is 16.4 Å². The third-order valence-corrected chi connectivity index (χ3v) is 4.71. The lowest BCUT2D eigenvalue weighted by atomic mass is 9.98. The lowest BCUT2D eigenvalue weighted by molar-refractivity contribution is -0.143. The summed E-state index contributed by atoms with van der Waals surface area (Å²) in [6, 6.07) is -3.11. The zero-order chi connectivity index (χ0) is 20.3. The third kappa shape index (κ3) is 9.04. The zero-order valence-corrected chi connectivity index (χ0v) is 16.2. The number of carboxylic acid groups (broad SMARTS) is 2. The lowest BCUT2D eigenvalue weighted by Gasteiger charge is -2.24. The summed E-state index contributed by atoms with van der Waals surface area (Å²) in [5.41, 5.74) is 5.83. The van der Waals surface area contributed by atoms with Crippen LogP contribution in [0.25, 0.3) is 0 Å². The van der Waals surface area contributed by atoms with Gasteiger partial charge in [-0.25, -0.2) is 4.79 Å². The van der Waals surface area contributed by atoms with Crippen molar-refractivity contribution in [1.82, 2.24) is 10.6 Å². The van der Waals surface area contributed by atoms with Gasteiger partial charge in [-0.3, -0.25) is 14.4 Å². The molecule has 0 fully saturated rings. The fourth-order valence-corrected chi connectivity index (χ4v) is 2.55. The SMILES string of the molecule is CC[C@H](C)[C@H](N)C(=O)N[C@@H](CCC(=O)O)C(=O)N[C@@H](CCSC)C(=O)O. The minimum absolute atomic E-state index is 0.119. The van der Waals surface area contributed by atoms with Gasteiger partial charge in [0.25, 0.3) is 0 Å². The first kappa shape index (κ1) is 24.2. The largest absolute Gasteiger partial charge is 0.481 e. The standard InChI is InChI=1S/C16H29N3O6S/c1-4-9(2)13(17)15(23)18-10(5-6-12(20)21)14(22)19-11(16(24)25)7-8-26-3/h9-11,13H,4-8,17H2,1-3H3,(H,18,23)(H,19,22)(H,20,21)(H,24,25)/t9-,10-,11-,13-/m0/s1. The molecule has 0 aromatic heterocycles. The summed E-state index contributed by atoms with van der Waals surface area (Å²) in [7, 11) is 0. The molecule has 0 spiro atoms. The second-order valence-corrected chi connectivity index (χ2v) is 7.07. The minimum Gasteiger partial charge on any atom is -0.481 e. The van der Waals surface area contributed by atoms with Crippen LogP contribution in [0.2, 0.25) is 0 Å². The van der Waals surface area contributed by atoms with Crippen molar-refractivity contribution < 1.29 is 29.4 Å². The topological polar surface area (TPSA) is 159 Å². The molecule has 0 saturated heterocycles. The quantitative estimate of drug-likeness (QED) is 0.294. The number of carbonyl (C=O) groups is 4. The van der Waals surface area contributed by atoms with Gasteiger partial charge in [0, 0.05) is 6.42 Å². The molecular formula is C16H29N3O6S. The average molecular weight is 391 g/mol. The van der Waals surface area contributed by atoms with Crippen molar-refractivity contribution in [1.29, 1.82) is 0 Å². The van der Waals surface area contributed by atoms with Crippen LogP contribution in [0.5, 0.6) is 0 Å². The normalized spacial score (nSPS) is 15.4. The van der Waals surface area contributed by atoms with Gasteiger partial charge in [0.2, 0.25) is 11.8 Å². The molecule has 0 unspecified atom stereocenters. The number of amides is 2. The Labute approximate surface area is 157 Å². The summed E-state index contributed by atoms with van der Waals surface area (Å²) in [6.45, 7) is 3.66. The van der Waals surface area contributed by atoms with Gasteiger partial charge in [-0.2, -0.15) is 11.8 Å². The lowest BCUT2D eigenvalue weighted by Crippen LogP contribution is -2.55. The molecule has 0 saturated carbocycles. The molecule has 0 aromatic rings. The van der Waals surface area contributed by atoms with Gasteiger partial charge >= 0.3 is 11.9 Å². The first-order valence-electron chi connectivity index (χ1n) is 8.43. The number of nitrogens with two attached hydrogens (primary N) is 1. The Kier molecular flexibility index (Phi) is 11.7. The van der Waals surface area contributed by atoms with Crippen molar-refractivity contribution in [2.24, 2.45) is 11.7 Å². The highest BCUT2D eigenvalue weighted by atomic mass is 32.2. The van der Waals surface area contributed by atoms with Gasteiger partial charge in [-0.1, -0.05) is 20.3 Å². The highest BCUT2D eigenvalue weighted by Crippen LogP contribution is 2.08. The maximum absolute atomic E-state index is 12.4. The molecule has 9 nitrogen and oxygen atoms in total. The van der Waals surface area contributed by atoms with Crippen LogP contribution in [0.3, 0.4) is 0 Å². The molecule has 0 bridgehead atoms. The summed E-state index contributed by atoms with van der Waals surface area (Å²) in [6.07, 6.45) is 2.19. The summed E-state index contributed by atoms with van der Waals surface area (Å²) >= 11 is 1.44. The van der Waals surface area contributed by atoms with E-state index in [0.29, 0.717) is 12.2 Å². The van der Waals surface area contributed by atoms with Gasteiger partial charge in [0.1, 0.15) is 12.1 Å². The summed E-state index contributed by atoms with van der Waals surface area (Å²) in [5.74, 6) is -3.20. The molecule has 0 rings (SSSR count). The Bertz CT molecular complexity index is 502. The van der Waals surface area contributed by atoms with Crippen LogP contribution in [-0.2, 0) is 19.2 Å². The molecule has 10 heteroatoms. The van der Waals surface area contributed by atoms with Gasteiger partial charge in [0.15, 0.2) is 0 Å². The van der Waals surface area contributed by atoms with E-state index < -0.39 is 41.9 Å². The molecule has 0 aliphatic carbocycles. The third-order valence-electron chi connectivity index (χ3n) is 4.06. The van der Waals surface area contributed by atoms with Crippen molar-refractivity contribution in [2.75, 3.05) is 12.0 Å². The van der Waals surface area contributed by atoms with E-state index >= 15 is 0 Å². The summed E-state index contributed by atoms with van der Waals surface area (Å²) in [5, 5.41) is 22.8. The van der Waals surface area contributed by atoms with Crippen molar-refractivity contribution in [2.45, 2.75) is 57.7 Å². The highest BCUT2D eigenvalue weighted by Gasteiger charge is 2.29. The highest BCUT2D eigenvalue weighted by molar-refractivity contribution is 7.98. The van der Waals surface area contributed by atoms with Crippen molar-refractivity contribution in [3.63, 3.8) is 0 Å². The Morgan fingerprint density at radius 1 is 1.04 bits per heavy atom. The van der Waals surface area contributed by atoms with Crippen LogP contribution >= 0.6 is 11.8 Å². The predicted molar refractivity (Wildman–Crippen MR) is 98.8 cm³/mol. The first-order chi connectivity index (χ1) is 12.1. The zero-order valence-electron chi connectivity index (χ0n) is 15.4. The molecule has 150 valence electrons. The number of hydrogen-bond donors (Lipinski definition) is 5. The Hall–Kier alpha value is -1.81. The molecule has 0 radical (unpaired) electrons. The van der Waals surface area contributed by atoms with Gasteiger partial charge in [0.05, 0.1) is 6.04 Å². The van der Waals surface area contributed by atoms with Crippen LogP contribution in [0.4, 0.5) is 0 Å². The number of rotatable bonds is 13. The molecule has 26 heavy (non-hydrogen) atoms. The smallest absolute Gasteiger partial charge is 0.326 e. The van der Waals surface area contributed by atoms with E-state index in [9.17, 15) is 24.3 Å². The first-order valence-corrected chi connectivity index (χ1v) is 9.83. The van der Waals surface area contributed by atoms with E-state index in [1.54, 1.807) is 6.92 Å². The number of carboxylic acids is 2. The maximum atomic E-state index is 12.4. The number of aliphatic carboxylic acids is 2. The number of nitrogens with one attached hydrogen (secondary N) is 2.